The van der Waals surface area contributed by atoms with Gasteiger partial charge in [0.25, 0.3) is 0 Å². The number of halogens is 1. The van der Waals surface area contributed by atoms with Crippen molar-refractivity contribution in [3.05, 3.63) is 34.9 Å². The molecular formula is C10H13ClN+. The Bertz CT molecular complexity index is 264. The number of quaternary nitrogens is 1. The second-order valence-electron chi connectivity index (χ2n) is 3.50. The number of hydrogen-bond acceptors (Lipinski definition) is 0. The lowest BCUT2D eigenvalue weighted by Crippen LogP contribution is -2.54. The maximum Gasteiger partial charge on any atom is 0.113 e. The first-order valence-corrected chi connectivity index (χ1v) is 4.74. The molecule has 2 rings (SSSR count). The van der Waals surface area contributed by atoms with Crippen molar-refractivity contribution in [1.82, 2.24) is 0 Å². The van der Waals surface area contributed by atoms with Crippen LogP contribution < -0.4 is 5.73 Å². The summed E-state index contributed by atoms with van der Waals surface area (Å²) < 4.78 is 0. The van der Waals surface area contributed by atoms with Gasteiger partial charge in [-0.05, 0) is 25.0 Å². The van der Waals surface area contributed by atoms with Crippen LogP contribution in [0.1, 0.15) is 24.4 Å². The second kappa shape index (κ2) is 3.08. The largest absolute Gasteiger partial charge is 0.351 e. The summed E-state index contributed by atoms with van der Waals surface area (Å²) in [5, 5.41) is 0.807. The van der Waals surface area contributed by atoms with E-state index >= 15 is 0 Å². The van der Waals surface area contributed by atoms with Crippen molar-refractivity contribution in [1.29, 1.82) is 0 Å². The van der Waals surface area contributed by atoms with Gasteiger partial charge in [-0.1, -0.05) is 23.7 Å². The molecule has 0 aliphatic heterocycles. The summed E-state index contributed by atoms with van der Waals surface area (Å²) in [7, 11) is 0. The second-order valence-corrected chi connectivity index (χ2v) is 3.93. The van der Waals surface area contributed by atoms with Crippen molar-refractivity contribution in [2.75, 3.05) is 0 Å². The highest BCUT2D eigenvalue weighted by Crippen LogP contribution is 2.38. The summed E-state index contributed by atoms with van der Waals surface area (Å²) in [6.07, 6.45) is 2.69. The third-order valence-corrected chi connectivity index (χ3v) is 2.74. The third kappa shape index (κ3) is 1.62. The first-order chi connectivity index (χ1) is 5.77. The van der Waals surface area contributed by atoms with Crippen LogP contribution in [-0.4, -0.2) is 0 Å². The lowest BCUT2D eigenvalue weighted by Gasteiger charge is -2.06. The van der Waals surface area contributed by atoms with Crippen LogP contribution in [-0.2, 0) is 0 Å². The normalized spacial score (nSPS) is 19.2. The minimum absolute atomic E-state index is 0.474. The van der Waals surface area contributed by atoms with Crippen LogP contribution in [0, 0.1) is 5.92 Å². The van der Waals surface area contributed by atoms with Crippen LogP contribution in [0.2, 0.25) is 5.02 Å². The molecule has 0 spiro atoms. The highest BCUT2D eigenvalue weighted by atomic mass is 35.5. The Labute approximate surface area is 77.5 Å². The fraction of sp³-hybridized carbons (Fsp3) is 0.400. The molecule has 1 aromatic carbocycles. The zero-order valence-electron chi connectivity index (χ0n) is 6.96. The lowest BCUT2D eigenvalue weighted by molar-refractivity contribution is -0.432. The fourth-order valence-corrected chi connectivity index (χ4v) is 1.61. The van der Waals surface area contributed by atoms with Gasteiger partial charge >= 0.3 is 0 Å². The Morgan fingerprint density at radius 3 is 2.33 bits per heavy atom. The molecule has 0 amide bonds. The highest BCUT2D eigenvalue weighted by molar-refractivity contribution is 6.30. The van der Waals surface area contributed by atoms with Gasteiger partial charge in [-0.3, -0.25) is 0 Å². The monoisotopic (exact) mass is 182 g/mol. The molecule has 1 aliphatic carbocycles. The van der Waals surface area contributed by atoms with E-state index in [1.165, 1.54) is 18.4 Å². The van der Waals surface area contributed by atoms with Gasteiger partial charge in [0.2, 0.25) is 0 Å². The maximum atomic E-state index is 5.79. The van der Waals surface area contributed by atoms with Crippen molar-refractivity contribution in [3.63, 3.8) is 0 Å². The average Bonchev–Trinajstić information content (AvgIpc) is 2.87. The average molecular weight is 183 g/mol. The predicted molar refractivity (Wildman–Crippen MR) is 49.8 cm³/mol. The molecule has 64 valence electrons. The molecule has 0 radical (unpaired) electrons. The molecule has 1 fully saturated rings. The molecule has 0 saturated heterocycles. The Kier molecular flexibility index (Phi) is 2.07. The lowest BCUT2D eigenvalue weighted by atomic mass is 10.0. The van der Waals surface area contributed by atoms with E-state index < -0.39 is 0 Å². The van der Waals surface area contributed by atoms with E-state index in [-0.39, 0.29) is 0 Å². The van der Waals surface area contributed by atoms with E-state index in [9.17, 15) is 0 Å². The first kappa shape index (κ1) is 8.09. The molecule has 1 aliphatic rings. The van der Waals surface area contributed by atoms with E-state index in [0.29, 0.717) is 6.04 Å². The predicted octanol–water partition coefficient (Wildman–Crippen LogP) is 2.03. The summed E-state index contributed by atoms with van der Waals surface area (Å²) in [5.41, 5.74) is 5.48. The fourth-order valence-electron chi connectivity index (χ4n) is 1.48. The van der Waals surface area contributed by atoms with E-state index in [1.807, 2.05) is 12.1 Å². The number of rotatable bonds is 2. The van der Waals surface area contributed by atoms with Crippen LogP contribution in [0.15, 0.2) is 24.3 Å². The Balaban J connectivity index is 2.16. The Hall–Kier alpha value is -0.530. The van der Waals surface area contributed by atoms with E-state index in [4.69, 9.17) is 11.6 Å². The van der Waals surface area contributed by atoms with Crippen LogP contribution in [0.4, 0.5) is 0 Å². The van der Waals surface area contributed by atoms with Gasteiger partial charge in [0, 0.05) is 16.5 Å². The topological polar surface area (TPSA) is 27.6 Å². The molecule has 0 heterocycles. The molecule has 1 nitrogen and oxygen atoms in total. The van der Waals surface area contributed by atoms with Crippen LogP contribution in [0.25, 0.3) is 0 Å². The van der Waals surface area contributed by atoms with Crippen LogP contribution in [0.3, 0.4) is 0 Å². The SMILES string of the molecule is [NH3+][C@H](c1ccc(Cl)cc1)C1CC1. The van der Waals surface area contributed by atoms with Crippen molar-refractivity contribution >= 4 is 11.6 Å². The van der Waals surface area contributed by atoms with Crippen LogP contribution in [0.5, 0.6) is 0 Å². The smallest absolute Gasteiger partial charge is 0.113 e. The van der Waals surface area contributed by atoms with Gasteiger partial charge in [0.1, 0.15) is 6.04 Å². The number of hydrogen-bond donors (Lipinski definition) is 1. The quantitative estimate of drug-likeness (QED) is 0.725. The standard InChI is InChI=1S/C10H12ClN/c11-9-5-3-8(4-6-9)10(12)7-1-2-7/h3-7,10H,1-2,12H2/p+1/t10-/m0/s1. The van der Waals surface area contributed by atoms with E-state index in [2.05, 4.69) is 17.9 Å². The molecule has 0 unspecified atom stereocenters. The summed E-state index contributed by atoms with van der Waals surface area (Å²) in [5.74, 6) is 0.825. The van der Waals surface area contributed by atoms with Crippen molar-refractivity contribution in [2.24, 2.45) is 5.92 Å². The summed E-state index contributed by atoms with van der Waals surface area (Å²) in [4.78, 5) is 0. The van der Waals surface area contributed by atoms with Crippen molar-refractivity contribution in [2.45, 2.75) is 18.9 Å². The van der Waals surface area contributed by atoms with Gasteiger partial charge in [0.05, 0.1) is 0 Å². The van der Waals surface area contributed by atoms with Gasteiger partial charge in [-0.25, -0.2) is 0 Å². The zero-order chi connectivity index (χ0) is 8.55. The molecule has 0 bridgehead atoms. The Morgan fingerprint density at radius 1 is 1.25 bits per heavy atom. The molecule has 1 aromatic rings. The maximum absolute atomic E-state index is 5.79. The molecule has 0 aromatic heterocycles. The van der Waals surface area contributed by atoms with E-state index in [1.54, 1.807) is 0 Å². The molecular weight excluding hydrogens is 170 g/mol. The van der Waals surface area contributed by atoms with Crippen molar-refractivity contribution in [3.8, 4) is 0 Å². The Morgan fingerprint density at radius 2 is 1.83 bits per heavy atom. The molecule has 1 saturated carbocycles. The zero-order valence-corrected chi connectivity index (χ0v) is 7.72. The van der Waals surface area contributed by atoms with Crippen LogP contribution >= 0.6 is 11.6 Å². The molecule has 12 heavy (non-hydrogen) atoms. The summed E-state index contributed by atoms with van der Waals surface area (Å²) >= 11 is 5.79. The molecule has 2 heteroatoms. The third-order valence-electron chi connectivity index (χ3n) is 2.49. The van der Waals surface area contributed by atoms with Gasteiger partial charge in [0.15, 0.2) is 0 Å². The summed E-state index contributed by atoms with van der Waals surface area (Å²) in [6.45, 7) is 0. The van der Waals surface area contributed by atoms with E-state index in [0.717, 1.165) is 10.9 Å². The molecule has 1 atom stereocenters. The minimum Gasteiger partial charge on any atom is -0.351 e. The van der Waals surface area contributed by atoms with Gasteiger partial charge < -0.3 is 5.73 Å². The molecule has 3 N–H and O–H groups in total. The van der Waals surface area contributed by atoms with Crippen molar-refractivity contribution < 1.29 is 5.73 Å². The summed E-state index contributed by atoms with van der Waals surface area (Å²) in [6, 6.07) is 8.52. The first-order valence-electron chi connectivity index (χ1n) is 4.36. The van der Waals surface area contributed by atoms with Gasteiger partial charge in [-0.15, -0.1) is 0 Å². The highest BCUT2D eigenvalue weighted by Gasteiger charge is 2.32. The minimum atomic E-state index is 0.474. The number of benzene rings is 1. The van der Waals surface area contributed by atoms with Gasteiger partial charge in [-0.2, -0.15) is 0 Å².